The van der Waals surface area contributed by atoms with Crippen molar-refractivity contribution < 1.29 is 9.59 Å². The molecule has 0 aromatic heterocycles. The van der Waals surface area contributed by atoms with Crippen LogP contribution in [0, 0.1) is 0 Å². The van der Waals surface area contributed by atoms with Gasteiger partial charge in [-0.05, 0) is 31.4 Å². The average Bonchev–Trinajstić information content (AvgIpc) is 3.30. The SMILES string of the molecule is CNC(=O)NC(=O)C(C)N(Cc1ccccc1N)C1CC1. The van der Waals surface area contributed by atoms with Crippen LogP contribution < -0.4 is 16.4 Å². The molecule has 1 aliphatic carbocycles. The van der Waals surface area contributed by atoms with Crippen LogP contribution in [0.25, 0.3) is 0 Å². The summed E-state index contributed by atoms with van der Waals surface area (Å²) in [7, 11) is 1.48. The van der Waals surface area contributed by atoms with Crippen molar-refractivity contribution >= 4 is 17.6 Å². The second-order valence-electron chi connectivity index (χ2n) is 5.35. The fourth-order valence-electron chi connectivity index (χ4n) is 2.29. The van der Waals surface area contributed by atoms with E-state index in [2.05, 4.69) is 15.5 Å². The summed E-state index contributed by atoms with van der Waals surface area (Å²) in [6, 6.07) is 7.17. The van der Waals surface area contributed by atoms with Crippen LogP contribution in [0.1, 0.15) is 25.3 Å². The number of anilines is 1. The van der Waals surface area contributed by atoms with Crippen LogP contribution in [-0.2, 0) is 11.3 Å². The Morgan fingerprint density at radius 2 is 2.05 bits per heavy atom. The van der Waals surface area contributed by atoms with Gasteiger partial charge < -0.3 is 11.1 Å². The van der Waals surface area contributed by atoms with Gasteiger partial charge in [0.15, 0.2) is 0 Å². The number of carbonyl (C=O) groups excluding carboxylic acids is 2. The normalized spacial score (nSPS) is 15.6. The summed E-state index contributed by atoms with van der Waals surface area (Å²) >= 11 is 0. The predicted molar refractivity (Wildman–Crippen MR) is 81.5 cm³/mol. The largest absolute Gasteiger partial charge is 0.398 e. The summed E-state index contributed by atoms with van der Waals surface area (Å²) in [5.74, 6) is -0.296. The molecule has 1 saturated carbocycles. The molecular formula is C15H22N4O2. The zero-order valence-corrected chi connectivity index (χ0v) is 12.4. The number of nitrogens with two attached hydrogens (primary N) is 1. The Morgan fingerprint density at radius 1 is 1.38 bits per heavy atom. The molecule has 2 rings (SSSR count). The number of urea groups is 1. The Balaban J connectivity index is 2.07. The maximum Gasteiger partial charge on any atom is 0.321 e. The number of nitrogen functional groups attached to an aromatic ring is 1. The summed E-state index contributed by atoms with van der Waals surface area (Å²) in [5.41, 5.74) is 7.70. The highest BCUT2D eigenvalue weighted by Crippen LogP contribution is 2.31. The molecule has 3 amide bonds. The summed E-state index contributed by atoms with van der Waals surface area (Å²) in [5, 5.41) is 4.71. The van der Waals surface area contributed by atoms with Crippen molar-refractivity contribution in [3.8, 4) is 0 Å². The standard InChI is InChI=1S/C15H22N4O2/c1-10(14(20)18-15(21)17-2)19(12-7-8-12)9-11-5-3-4-6-13(11)16/h3-6,10,12H,7-9,16H2,1-2H3,(H2,17,18,20,21). The van der Waals surface area contributed by atoms with Gasteiger partial charge in [-0.3, -0.25) is 15.0 Å². The maximum absolute atomic E-state index is 12.1. The fraction of sp³-hybridized carbons (Fsp3) is 0.467. The van der Waals surface area contributed by atoms with E-state index in [1.807, 2.05) is 31.2 Å². The number of nitrogens with zero attached hydrogens (tertiary/aromatic N) is 1. The number of hydrogen-bond donors (Lipinski definition) is 3. The highest BCUT2D eigenvalue weighted by atomic mass is 16.2. The Kier molecular flexibility index (Phi) is 4.80. The molecular weight excluding hydrogens is 268 g/mol. The van der Waals surface area contributed by atoms with E-state index in [9.17, 15) is 9.59 Å². The molecule has 0 spiro atoms. The van der Waals surface area contributed by atoms with Crippen molar-refractivity contribution in [3.63, 3.8) is 0 Å². The lowest BCUT2D eigenvalue weighted by atomic mass is 10.1. The molecule has 1 aromatic rings. The van der Waals surface area contributed by atoms with Crippen molar-refractivity contribution in [1.29, 1.82) is 0 Å². The third-order valence-corrected chi connectivity index (χ3v) is 3.76. The van der Waals surface area contributed by atoms with E-state index >= 15 is 0 Å². The Morgan fingerprint density at radius 3 is 2.62 bits per heavy atom. The second kappa shape index (κ2) is 6.58. The lowest BCUT2D eigenvalue weighted by Gasteiger charge is -2.28. The molecule has 6 heteroatoms. The van der Waals surface area contributed by atoms with E-state index in [0.717, 1.165) is 24.1 Å². The van der Waals surface area contributed by atoms with Gasteiger partial charge >= 0.3 is 6.03 Å². The number of nitrogens with one attached hydrogen (secondary N) is 2. The third-order valence-electron chi connectivity index (χ3n) is 3.76. The van der Waals surface area contributed by atoms with Crippen LogP contribution in [0.3, 0.4) is 0 Å². The van der Waals surface area contributed by atoms with Crippen molar-refractivity contribution in [2.45, 2.75) is 38.4 Å². The average molecular weight is 290 g/mol. The first-order valence-corrected chi connectivity index (χ1v) is 7.14. The van der Waals surface area contributed by atoms with Gasteiger partial charge in [0, 0.05) is 25.3 Å². The Labute approximate surface area is 124 Å². The third kappa shape index (κ3) is 3.95. The predicted octanol–water partition coefficient (Wildman–Crippen LogP) is 1.08. The minimum atomic E-state index is -0.484. The minimum Gasteiger partial charge on any atom is -0.398 e. The first-order chi connectivity index (χ1) is 10.0. The summed E-state index contributed by atoms with van der Waals surface area (Å²) in [6.45, 7) is 2.43. The van der Waals surface area contributed by atoms with Crippen molar-refractivity contribution in [1.82, 2.24) is 15.5 Å². The van der Waals surface area contributed by atoms with Gasteiger partial charge in [0.1, 0.15) is 0 Å². The molecule has 1 atom stereocenters. The summed E-state index contributed by atoms with van der Waals surface area (Å²) < 4.78 is 0. The van der Waals surface area contributed by atoms with Gasteiger partial charge in [0.25, 0.3) is 0 Å². The number of rotatable bonds is 5. The van der Waals surface area contributed by atoms with Crippen molar-refractivity contribution in [2.24, 2.45) is 0 Å². The second-order valence-corrected chi connectivity index (χ2v) is 5.35. The Bertz CT molecular complexity index is 528. The first kappa shape index (κ1) is 15.3. The molecule has 0 radical (unpaired) electrons. The van der Waals surface area contributed by atoms with Gasteiger partial charge in [-0.25, -0.2) is 4.79 Å². The molecule has 0 aliphatic heterocycles. The molecule has 1 aliphatic rings. The fourth-order valence-corrected chi connectivity index (χ4v) is 2.29. The lowest BCUT2D eigenvalue weighted by molar-refractivity contribution is -0.125. The molecule has 0 saturated heterocycles. The number of para-hydroxylation sites is 1. The Hall–Kier alpha value is -2.08. The minimum absolute atomic E-state index is 0.296. The maximum atomic E-state index is 12.1. The van der Waals surface area contributed by atoms with Gasteiger partial charge in [0.05, 0.1) is 6.04 Å². The molecule has 4 N–H and O–H groups in total. The highest BCUT2D eigenvalue weighted by molar-refractivity contribution is 5.96. The van der Waals surface area contributed by atoms with Gasteiger partial charge in [0.2, 0.25) is 5.91 Å². The number of imide groups is 1. The smallest absolute Gasteiger partial charge is 0.321 e. The molecule has 0 bridgehead atoms. The topological polar surface area (TPSA) is 87.5 Å². The number of carbonyl (C=O) groups is 2. The van der Waals surface area contributed by atoms with E-state index in [4.69, 9.17) is 5.73 Å². The van der Waals surface area contributed by atoms with Crippen molar-refractivity contribution in [2.75, 3.05) is 12.8 Å². The van der Waals surface area contributed by atoms with Crippen LogP contribution in [0.5, 0.6) is 0 Å². The number of hydrogen-bond acceptors (Lipinski definition) is 4. The molecule has 6 nitrogen and oxygen atoms in total. The molecule has 1 fully saturated rings. The van der Waals surface area contributed by atoms with E-state index in [-0.39, 0.29) is 11.9 Å². The first-order valence-electron chi connectivity index (χ1n) is 7.14. The zero-order valence-electron chi connectivity index (χ0n) is 12.4. The number of benzene rings is 1. The highest BCUT2D eigenvalue weighted by Gasteiger charge is 2.35. The lowest BCUT2D eigenvalue weighted by Crippen LogP contribution is -2.49. The monoisotopic (exact) mass is 290 g/mol. The van der Waals surface area contributed by atoms with Crippen LogP contribution in [-0.4, -0.2) is 36.0 Å². The van der Waals surface area contributed by atoms with Crippen LogP contribution >= 0.6 is 0 Å². The van der Waals surface area contributed by atoms with Crippen LogP contribution in [0.4, 0.5) is 10.5 Å². The van der Waals surface area contributed by atoms with Crippen LogP contribution in [0.15, 0.2) is 24.3 Å². The van der Waals surface area contributed by atoms with Gasteiger partial charge in [-0.15, -0.1) is 0 Å². The molecule has 1 unspecified atom stereocenters. The van der Waals surface area contributed by atoms with E-state index in [1.54, 1.807) is 0 Å². The van der Waals surface area contributed by atoms with Crippen molar-refractivity contribution in [3.05, 3.63) is 29.8 Å². The molecule has 1 aromatic carbocycles. The van der Waals surface area contributed by atoms with E-state index in [0.29, 0.717) is 12.6 Å². The molecule has 0 heterocycles. The molecule has 114 valence electrons. The number of amides is 3. The summed E-state index contributed by atoms with van der Waals surface area (Å²) in [6.07, 6.45) is 2.15. The molecule has 21 heavy (non-hydrogen) atoms. The van der Waals surface area contributed by atoms with E-state index in [1.165, 1.54) is 7.05 Å². The van der Waals surface area contributed by atoms with Gasteiger partial charge in [-0.1, -0.05) is 18.2 Å². The van der Waals surface area contributed by atoms with Crippen LogP contribution in [0.2, 0.25) is 0 Å². The quantitative estimate of drug-likeness (QED) is 0.708. The summed E-state index contributed by atoms with van der Waals surface area (Å²) in [4.78, 5) is 25.5. The van der Waals surface area contributed by atoms with E-state index < -0.39 is 6.03 Å². The van der Waals surface area contributed by atoms with Gasteiger partial charge in [-0.2, -0.15) is 0 Å². The zero-order chi connectivity index (χ0) is 15.4.